The number of methoxy groups -OCH3 is 2. The molecular weight excluding hydrogens is 560 g/mol. The third-order valence-electron chi connectivity index (χ3n) is 7.98. The quantitative estimate of drug-likeness (QED) is 0.204. The van der Waals surface area contributed by atoms with Crippen molar-refractivity contribution in [1.29, 1.82) is 0 Å². The molecule has 2 amide bonds. The fourth-order valence-corrected chi connectivity index (χ4v) is 6.23. The third kappa shape index (κ3) is 6.51. The zero-order valence-electron chi connectivity index (χ0n) is 25.0. The monoisotopic (exact) mass is 598 g/mol. The van der Waals surface area contributed by atoms with E-state index < -0.39 is 11.9 Å². The van der Waals surface area contributed by atoms with Gasteiger partial charge in [-0.3, -0.25) is 14.5 Å². The van der Waals surface area contributed by atoms with E-state index >= 15 is 0 Å². The van der Waals surface area contributed by atoms with E-state index in [1.807, 2.05) is 60.7 Å². The van der Waals surface area contributed by atoms with E-state index in [0.29, 0.717) is 34.4 Å². The van der Waals surface area contributed by atoms with Gasteiger partial charge in [0.1, 0.15) is 28.1 Å². The molecule has 0 bridgehead atoms. The van der Waals surface area contributed by atoms with Gasteiger partial charge in [0.05, 0.1) is 19.9 Å². The van der Waals surface area contributed by atoms with Crippen molar-refractivity contribution in [2.45, 2.75) is 57.5 Å². The number of hydrogen-bond donors (Lipinski definition) is 2. The molecule has 3 aromatic carbocycles. The van der Waals surface area contributed by atoms with E-state index in [1.165, 1.54) is 0 Å². The zero-order chi connectivity index (χ0) is 30.5. The number of ether oxygens (including phenoxy) is 2. The first-order valence-corrected chi connectivity index (χ1v) is 15.4. The molecule has 1 saturated carbocycles. The molecule has 0 aliphatic heterocycles. The summed E-state index contributed by atoms with van der Waals surface area (Å²) < 4.78 is 15.2. The van der Waals surface area contributed by atoms with Crippen molar-refractivity contribution in [3.05, 3.63) is 88.8 Å². The van der Waals surface area contributed by atoms with E-state index in [1.54, 1.807) is 31.3 Å². The molecule has 1 aliphatic rings. The number of rotatable bonds is 10. The number of nitrogens with zero attached hydrogens (tertiary/aromatic N) is 2. The minimum atomic E-state index is -0.949. The molecule has 1 fully saturated rings. The summed E-state index contributed by atoms with van der Waals surface area (Å²) in [4.78, 5) is 30.6. The van der Waals surface area contributed by atoms with Crippen LogP contribution in [-0.2, 0) is 4.79 Å². The average molecular weight is 599 g/mol. The summed E-state index contributed by atoms with van der Waals surface area (Å²) in [6.45, 7) is 4.23. The first-order valence-electron chi connectivity index (χ1n) is 14.6. The van der Waals surface area contributed by atoms with Crippen LogP contribution in [-0.4, -0.2) is 36.4 Å². The van der Waals surface area contributed by atoms with Gasteiger partial charge in [-0.05, 0) is 89.9 Å². The zero-order valence-corrected chi connectivity index (χ0v) is 25.8. The summed E-state index contributed by atoms with van der Waals surface area (Å²) in [6.07, 6.45) is 3.99. The van der Waals surface area contributed by atoms with Gasteiger partial charge < -0.3 is 20.5 Å². The number of anilines is 2. The third-order valence-corrected chi connectivity index (χ3v) is 8.83. The molecule has 4 aromatic rings. The summed E-state index contributed by atoms with van der Waals surface area (Å²) >= 11 is 1.03. The van der Waals surface area contributed by atoms with Gasteiger partial charge in [-0.1, -0.05) is 51.0 Å². The van der Waals surface area contributed by atoms with Crippen LogP contribution in [0.3, 0.4) is 0 Å². The minimum Gasteiger partial charge on any atom is -0.497 e. The van der Waals surface area contributed by atoms with Gasteiger partial charge in [-0.15, -0.1) is 0 Å². The van der Waals surface area contributed by atoms with Crippen LogP contribution >= 0.6 is 11.5 Å². The Morgan fingerprint density at radius 3 is 2.00 bits per heavy atom. The van der Waals surface area contributed by atoms with Crippen molar-refractivity contribution in [3.63, 3.8) is 0 Å². The maximum Gasteiger partial charge on any atom is 0.273 e. The van der Waals surface area contributed by atoms with E-state index in [2.05, 4.69) is 23.5 Å². The molecule has 8 nitrogen and oxygen atoms in total. The van der Waals surface area contributed by atoms with Gasteiger partial charge in [0.25, 0.3) is 5.91 Å². The van der Waals surface area contributed by atoms with Crippen LogP contribution in [0, 0.1) is 0 Å². The second kappa shape index (κ2) is 13.3. The van der Waals surface area contributed by atoms with E-state index in [4.69, 9.17) is 15.2 Å². The van der Waals surface area contributed by atoms with Crippen LogP contribution in [0.5, 0.6) is 11.5 Å². The highest BCUT2D eigenvalue weighted by Gasteiger charge is 2.37. The fraction of sp³-hybridized carbons (Fsp3) is 0.324. The van der Waals surface area contributed by atoms with Crippen LogP contribution < -0.4 is 25.4 Å². The van der Waals surface area contributed by atoms with E-state index in [9.17, 15) is 9.59 Å². The minimum absolute atomic E-state index is 0.0728. The van der Waals surface area contributed by atoms with Gasteiger partial charge in [0.15, 0.2) is 0 Å². The lowest BCUT2D eigenvalue weighted by atomic mass is 9.99. The standard InChI is InChI=1S/C34H38N4O4S/c1-21(2)22-9-15-26(16-10-22)38(34(40)32-29(35)30(37-43-32)23-11-17-27(41-3)18-12-23)31(24-13-19-28(42-4)20-14-24)33(39)36-25-7-5-6-8-25/h9-21,25,31H,5-8,35H2,1-4H3,(H,36,39). The Morgan fingerprint density at radius 2 is 1.44 bits per heavy atom. The van der Waals surface area contributed by atoms with Crippen LogP contribution in [0.1, 0.15) is 72.3 Å². The van der Waals surface area contributed by atoms with Crippen molar-refractivity contribution in [2.75, 3.05) is 24.9 Å². The van der Waals surface area contributed by atoms with Crippen LogP contribution in [0.4, 0.5) is 11.4 Å². The lowest BCUT2D eigenvalue weighted by molar-refractivity contribution is -0.123. The lowest BCUT2D eigenvalue weighted by Gasteiger charge is -2.32. The average Bonchev–Trinajstić information content (AvgIpc) is 3.69. The second-order valence-electron chi connectivity index (χ2n) is 11.1. The summed E-state index contributed by atoms with van der Waals surface area (Å²) in [7, 11) is 3.20. The molecule has 5 rings (SSSR count). The molecule has 0 saturated heterocycles. The number of carbonyl (C=O) groups excluding carboxylic acids is 2. The first kappa shape index (κ1) is 30.1. The Bertz CT molecular complexity index is 1540. The number of aromatic nitrogens is 1. The van der Waals surface area contributed by atoms with E-state index in [-0.39, 0.29) is 22.5 Å². The number of nitrogen functional groups attached to an aromatic ring is 1. The van der Waals surface area contributed by atoms with Gasteiger partial charge in [0, 0.05) is 17.3 Å². The van der Waals surface area contributed by atoms with Crippen molar-refractivity contribution in [1.82, 2.24) is 9.69 Å². The lowest BCUT2D eigenvalue weighted by Crippen LogP contribution is -2.46. The number of benzene rings is 3. The molecule has 1 aliphatic carbocycles. The highest BCUT2D eigenvalue weighted by Crippen LogP contribution is 2.37. The molecule has 1 unspecified atom stereocenters. The summed E-state index contributed by atoms with van der Waals surface area (Å²) in [5, 5.41) is 3.23. The van der Waals surface area contributed by atoms with Gasteiger partial charge in [0.2, 0.25) is 5.91 Å². The maximum atomic E-state index is 14.6. The van der Waals surface area contributed by atoms with Crippen LogP contribution in [0.2, 0.25) is 0 Å². The van der Waals surface area contributed by atoms with Crippen molar-refractivity contribution in [2.24, 2.45) is 0 Å². The summed E-state index contributed by atoms with van der Waals surface area (Å²) in [6, 6.07) is 21.6. The predicted octanol–water partition coefficient (Wildman–Crippen LogP) is 6.98. The predicted molar refractivity (Wildman–Crippen MR) is 172 cm³/mol. The fourth-order valence-electron chi connectivity index (χ4n) is 5.48. The highest BCUT2D eigenvalue weighted by atomic mass is 32.1. The molecule has 1 atom stereocenters. The number of carbonyl (C=O) groups is 2. The Labute approximate surface area is 257 Å². The normalized spacial score (nSPS) is 14.0. The molecule has 0 radical (unpaired) electrons. The Kier molecular flexibility index (Phi) is 9.31. The summed E-state index contributed by atoms with van der Waals surface area (Å²) in [5.41, 5.74) is 10.6. The SMILES string of the molecule is COc1ccc(-c2nsc(C(=O)N(c3ccc(C(C)C)cc3)C(C(=O)NC3CCCC3)c3ccc(OC)cc3)c2N)cc1. The molecule has 43 heavy (non-hydrogen) atoms. The second-order valence-corrected chi connectivity index (χ2v) is 11.9. The Morgan fingerprint density at radius 1 is 0.884 bits per heavy atom. The first-order chi connectivity index (χ1) is 20.8. The van der Waals surface area contributed by atoms with Crippen molar-refractivity contribution < 1.29 is 19.1 Å². The Balaban J connectivity index is 1.61. The molecule has 9 heteroatoms. The Hall–Kier alpha value is -4.37. The molecule has 1 aromatic heterocycles. The van der Waals surface area contributed by atoms with Crippen LogP contribution in [0.15, 0.2) is 72.8 Å². The molecule has 0 spiro atoms. The number of nitrogens with one attached hydrogen (secondary N) is 1. The number of nitrogens with two attached hydrogens (primary N) is 1. The number of amides is 2. The highest BCUT2D eigenvalue weighted by molar-refractivity contribution is 7.09. The molecule has 224 valence electrons. The smallest absolute Gasteiger partial charge is 0.273 e. The van der Waals surface area contributed by atoms with Gasteiger partial charge >= 0.3 is 0 Å². The summed E-state index contributed by atoms with van der Waals surface area (Å²) in [5.74, 6) is 1.05. The van der Waals surface area contributed by atoms with Gasteiger partial charge in [-0.2, -0.15) is 4.37 Å². The number of hydrogen-bond acceptors (Lipinski definition) is 7. The van der Waals surface area contributed by atoms with Crippen LogP contribution in [0.25, 0.3) is 11.3 Å². The van der Waals surface area contributed by atoms with Crippen molar-refractivity contribution >= 4 is 34.7 Å². The maximum absolute atomic E-state index is 14.6. The molecular formula is C34H38N4O4S. The van der Waals surface area contributed by atoms with Gasteiger partial charge in [-0.25, -0.2) is 0 Å². The molecule has 3 N–H and O–H groups in total. The van der Waals surface area contributed by atoms with E-state index in [0.717, 1.165) is 48.3 Å². The topological polar surface area (TPSA) is 107 Å². The molecule has 1 heterocycles. The van der Waals surface area contributed by atoms with Crippen molar-refractivity contribution in [3.8, 4) is 22.8 Å². The largest absolute Gasteiger partial charge is 0.497 e.